The van der Waals surface area contributed by atoms with Crippen molar-refractivity contribution in [3.05, 3.63) is 64.2 Å². The third kappa shape index (κ3) is 2.95. The Bertz CT molecular complexity index is 1060. The van der Waals surface area contributed by atoms with Crippen molar-refractivity contribution in [2.24, 2.45) is 0 Å². The van der Waals surface area contributed by atoms with E-state index in [1.165, 1.54) is 13.2 Å². The van der Waals surface area contributed by atoms with Crippen LogP contribution < -0.4 is 25.2 Å². The summed E-state index contributed by atoms with van der Waals surface area (Å²) in [5.74, 6) is 1.37. The zero-order valence-electron chi connectivity index (χ0n) is 13.9. The Morgan fingerprint density at radius 3 is 2.81 bits per heavy atom. The lowest BCUT2D eigenvalue weighted by atomic mass is 10.1. The zero-order chi connectivity index (χ0) is 18.1. The maximum Gasteiger partial charge on any atom is 0.344 e. The van der Waals surface area contributed by atoms with Gasteiger partial charge in [0.15, 0.2) is 17.3 Å². The van der Waals surface area contributed by atoms with E-state index in [9.17, 15) is 9.59 Å². The lowest BCUT2D eigenvalue weighted by Gasteiger charge is -2.07. The Morgan fingerprint density at radius 1 is 1.12 bits per heavy atom. The molecule has 1 aliphatic rings. The summed E-state index contributed by atoms with van der Waals surface area (Å²) in [6.45, 7) is 0.451. The van der Waals surface area contributed by atoms with Crippen LogP contribution in [0.4, 0.5) is 0 Å². The minimum absolute atomic E-state index is 0.0588. The largest absolute Gasteiger partial charge is 0.497 e. The molecule has 3 aromatic rings. The molecule has 0 saturated carbocycles. The fourth-order valence-electron chi connectivity index (χ4n) is 2.73. The van der Waals surface area contributed by atoms with Gasteiger partial charge in [0, 0.05) is 6.54 Å². The third-order valence-electron chi connectivity index (χ3n) is 4.08. The number of carbonyl (C=O) groups excluding carboxylic acids is 1. The molecule has 2 heterocycles. The van der Waals surface area contributed by atoms with Gasteiger partial charge in [-0.2, -0.15) is 0 Å². The van der Waals surface area contributed by atoms with E-state index >= 15 is 0 Å². The summed E-state index contributed by atoms with van der Waals surface area (Å²) < 4.78 is 20.8. The Balaban J connectivity index is 1.55. The summed E-state index contributed by atoms with van der Waals surface area (Å²) in [5, 5.41) is 3.69. The second kappa shape index (κ2) is 6.44. The quantitative estimate of drug-likeness (QED) is 0.775. The summed E-state index contributed by atoms with van der Waals surface area (Å²) in [6.07, 6.45) is 0. The van der Waals surface area contributed by atoms with Gasteiger partial charge in [0.25, 0.3) is 5.91 Å². The first-order valence-electron chi connectivity index (χ1n) is 7.92. The molecule has 0 radical (unpaired) electrons. The van der Waals surface area contributed by atoms with Crippen LogP contribution in [-0.4, -0.2) is 19.8 Å². The second-order valence-corrected chi connectivity index (χ2v) is 5.72. The minimum atomic E-state index is -0.571. The summed E-state index contributed by atoms with van der Waals surface area (Å²) >= 11 is 0. The molecule has 0 saturated heterocycles. The van der Waals surface area contributed by atoms with Crippen LogP contribution >= 0.6 is 0 Å². The lowest BCUT2D eigenvalue weighted by molar-refractivity contribution is 0.0919. The third-order valence-corrected chi connectivity index (χ3v) is 4.08. The molecular weight excluding hydrogens is 338 g/mol. The van der Waals surface area contributed by atoms with Crippen LogP contribution in [0.5, 0.6) is 17.2 Å². The van der Waals surface area contributed by atoms with Crippen LogP contribution in [0.25, 0.3) is 10.8 Å². The van der Waals surface area contributed by atoms with Crippen molar-refractivity contribution < 1.29 is 23.4 Å². The summed E-state index contributed by atoms with van der Waals surface area (Å²) in [4.78, 5) is 24.5. The van der Waals surface area contributed by atoms with Crippen molar-refractivity contribution in [3.8, 4) is 17.2 Å². The molecule has 0 bridgehead atoms. The van der Waals surface area contributed by atoms with Gasteiger partial charge in [0.05, 0.1) is 12.5 Å². The summed E-state index contributed by atoms with van der Waals surface area (Å²) in [6, 6.07) is 11.9. The van der Waals surface area contributed by atoms with Gasteiger partial charge in [0.1, 0.15) is 5.75 Å². The zero-order valence-corrected chi connectivity index (χ0v) is 13.9. The molecule has 0 atom stereocenters. The Morgan fingerprint density at radius 2 is 1.96 bits per heavy atom. The summed E-state index contributed by atoms with van der Waals surface area (Å²) in [7, 11) is 1.53. The molecule has 0 spiro atoms. The smallest absolute Gasteiger partial charge is 0.344 e. The first kappa shape index (κ1) is 16.0. The molecule has 1 amide bonds. The van der Waals surface area contributed by atoms with Crippen molar-refractivity contribution >= 4 is 16.7 Å². The number of carbonyl (C=O) groups is 1. The number of ether oxygens (including phenoxy) is 3. The van der Waals surface area contributed by atoms with Gasteiger partial charge in [-0.1, -0.05) is 6.07 Å². The van der Waals surface area contributed by atoms with Gasteiger partial charge in [-0.25, -0.2) is 4.79 Å². The molecule has 1 aromatic heterocycles. The Hall–Kier alpha value is -3.48. The van der Waals surface area contributed by atoms with Crippen molar-refractivity contribution in [1.29, 1.82) is 0 Å². The van der Waals surface area contributed by atoms with Gasteiger partial charge in [-0.05, 0) is 47.3 Å². The monoisotopic (exact) mass is 353 g/mol. The van der Waals surface area contributed by atoms with Crippen LogP contribution in [0.15, 0.2) is 51.7 Å². The van der Waals surface area contributed by atoms with Crippen molar-refractivity contribution in [3.63, 3.8) is 0 Å². The average molecular weight is 353 g/mol. The maximum atomic E-state index is 12.4. The second-order valence-electron chi connectivity index (χ2n) is 5.72. The van der Waals surface area contributed by atoms with E-state index in [-0.39, 0.29) is 19.1 Å². The predicted molar refractivity (Wildman–Crippen MR) is 92.8 cm³/mol. The first-order chi connectivity index (χ1) is 12.6. The van der Waals surface area contributed by atoms with E-state index in [2.05, 4.69) is 5.32 Å². The average Bonchev–Trinajstić information content (AvgIpc) is 3.13. The van der Waals surface area contributed by atoms with E-state index in [1.807, 2.05) is 6.07 Å². The van der Waals surface area contributed by atoms with Crippen molar-refractivity contribution in [2.45, 2.75) is 6.54 Å². The molecule has 132 valence electrons. The highest BCUT2D eigenvalue weighted by atomic mass is 16.7. The molecule has 26 heavy (non-hydrogen) atoms. The van der Waals surface area contributed by atoms with E-state index in [4.69, 9.17) is 18.6 Å². The SMILES string of the molecule is COc1ccc2c(=O)oc(C(=O)NCc3ccc4c(c3)OCO4)cc2c1. The normalized spacial score (nSPS) is 12.2. The van der Waals surface area contributed by atoms with Crippen LogP contribution in [-0.2, 0) is 6.54 Å². The highest BCUT2D eigenvalue weighted by molar-refractivity contribution is 5.95. The number of methoxy groups -OCH3 is 1. The fraction of sp³-hybridized carbons (Fsp3) is 0.158. The topological polar surface area (TPSA) is 87.0 Å². The summed E-state index contributed by atoms with van der Waals surface area (Å²) in [5.41, 5.74) is 0.269. The van der Waals surface area contributed by atoms with Gasteiger partial charge in [0.2, 0.25) is 6.79 Å². The van der Waals surface area contributed by atoms with Crippen LogP contribution in [0.1, 0.15) is 16.1 Å². The molecule has 4 rings (SSSR count). The number of benzene rings is 2. The van der Waals surface area contributed by atoms with Crippen LogP contribution in [0.2, 0.25) is 0 Å². The van der Waals surface area contributed by atoms with E-state index in [0.717, 1.165) is 5.56 Å². The van der Waals surface area contributed by atoms with Crippen molar-refractivity contribution in [1.82, 2.24) is 5.32 Å². The number of amides is 1. The van der Waals surface area contributed by atoms with Gasteiger partial charge < -0.3 is 23.9 Å². The Labute approximate surface area is 148 Å². The van der Waals surface area contributed by atoms with Crippen LogP contribution in [0, 0.1) is 0 Å². The lowest BCUT2D eigenvalue weighted by Crippen LogP contribution is -2.24. The number of nitrogens with one attached hydrogen (secondary N) is 1. The predicted octanol–water partition coefficient (Wildman–Crippen LogP) is 2.46. The molecule has 7 heteroatoms. The molecule has 1 aliphatic heterocycles. The maximum absolute atomic E-state index is 12.4. The molecule has 0 fully saturated rings. The number of hydrogen-bond acceptors (Lipinski definition) is 6. The minimum Gasteiger partial charge on any atom is -0.497 e. The van der Waals surface area contributed by atoms with E-state index < -0.39 is 11.5 Å². The fourth-order valence-corrected chi connectivity index (χ4v) is 2.73. The molecule has 0 unspecified atom stereocenters. The van der Waals surface area contributed by atoms with Gasteiger partial charge in [-0.3, -0.25) is 4.79 Å². The molecule has 2 aromatic carbocycles. The van der Waals surface area contributed by atoms with Gasteiger partial charge in [-0.15, -0.1) is 0 Å². The molecule has 0 aliphatic carbocycles. The van der Waals surface area contributed by atoms with Gasteiger partial charge >= 0.3 is 5.63 Å². The molecule has 1 N–H and O–H groups in total. The van der Waals surface area contributed by atoms with Crippen molar-refractivity contribution in [2.75, 3.05) is 13.9 Å². The van der Waals surface area contributed by atoms with E-state index in [1.54, 1.807) is 30.3 Å². The Kier molecular flexibility index (Phi) is 3.96. The highest BCUT2D eigenvalue weighted by Gasteiger charge is 2.15. The standard InChI is InChI=1S/C19H15NO6/c1-23-13-3-4-14-12(7-13)8-17(26-19(14)22)18(21)20-9-11-2-5-15-16(6-11)25-10-24-15/h2-8H,9-10H2,1H3,(H,20,21). The molecule has 7 nitrogen and oxygen atoms in total. The first-order valence-corrected chi connectivity index (χ1v) is 7.92. The van der Waals surface area contributed by atoms with Crippen LogP contribution in [0.3, 0.4) is 0 Å². The number of rotatable bonds is 4. The van der Waals surface area contributed by atoms with E-state index in [0.29, 0.717) is 28.0 Å². The highest BCUT2D eigenvalue weighted by Crippen LogP contribution is 2.32. The number of hydrogen-bond donors (Lipinski definition) is 1. The molecular formula is C19H15NO6. The number of fused-ring (bicyclic) bond motifs is 2.